The largest absolute Gasteiger partial charge is 0.446 e. The van der Waals surface area contributed by atoms with Crippen LogP contribution in [0, 0.1) is 12.3 Å². The highest BCUT2D eigenvalue weighted by molar-refractivity contribution is 7.89. The number of benzene rings is 1. The van der Waals surface area contributed by atoms with Gasteiger partial charge in [-0.2, -0.15) is 0 Å². The van der Waals surface area contributed by atoms with Gasteiger partial charge in [0.05, 0.1) is 22.1 Å². The highest BCUT2D eigenvalue weighted by atomic mass is 35.5. The smallest absolute Gasteiger partial charge is 0.340 e. The van der Waals surface area contributed by atoms with Crippen LogP contribution < -0.4 is 4.72 Å². The minimum atomic E-state index is -3.78. The summed E-state index contributed by atoms with van der Waals surface area (Å²) in [6.45, 7) is 1.84. The van der Waals surface area contributed by atoms with E-state index in [9.17, 15) is 13.2 Å². The number of ether oxygens (including phenoxy) is 2. The summed E-state index contributed by atoms with van der Waals surface area (Å²) in [5.74, 6) is 1.45. The Bertz CT molecular complexity index is 681. The first-order valence-corrected chi connectivity index (χ1v) is 8.13. The molecule has 8 heteroatoms. The van der Waals surface area contributed by atoms with E-state index in [4.69, 9.17) is 27.5 Å². The van der Waals surface area contributed by atoms with Gasteiger partial charge in [-0.1, -0.05) is 17.5 Å². The summed E-state index contributed by atoms with van der Waals surface area (Å²) in [6, 6.07) is 3.74. The van der Waals surface area contributed by atoms with Gasteiger partial charge < -0.3 is 9.47 Å². The Morgan fingerprint density at radius 3 is 2.77 bits per heavy atom. The first kappa shape index (κ1) is 18.5. The van der Waals surface area contributed by atoms with Crippen molar-refractivity contribution in [3.8, 4) is 12.3 Å². The molecule has 0 heterocycles. The molecule has 0 spiro atoms. The maximum absolute atomic E-state index is 12.1. The molecule has 1 rings (SSSR count). The van der Waals surface area contributed by atoms with Gasteiger partial charge in [0.2, 0.25) is 10.0 Å². The summed E-state index contributed by atoms with van der Waals surface area (Å²) < 4.78 is 36.2. The van der Waals surface area contributed by atoms with Crippen molar-refractivity contribution in [1.29, 1.82) is 0 Å². The topological polar surface area (TPSA) is 81.7 Å². The zero-order valence-electron chi connectivity index (χ0n) is 12.1. The minimum absolute atomic E-state index is 0.0709. The number of halogens is 1. The molecule has 1 aromatic carbocycles. The molecule has 0 amide bonds. The molecule has 0 radical (unpaired) electrons. The van der Waals surface area contributed by atoms with Crippen molar-refractivity contribution in [3.63, 3.8) is 0 Å². The van der Waals surface area contributed by atoms with Gasteiger partial charge in [-0.05, 0) is 25.1 Å². The molecule has 1 atom stereocenters. The second kappa shape index (κ2) is 8.15. The predicted molar refractivity (Wildman–Crippen MR) is 82.2 cm³/mol. The lowest BCUT2D eigenvalue weighted by atomic mass is 10.2. The molecule has 120 valence electrons. The zero-order valence-corrected chi connectivity index (χ0v) is 13.7. The van der Waals surface area contributed by atoms with Crippen LogP contribution in [0.4, 0.5) is 0 Å². The first-order chi connectivity index (χ1) is 10.3. The Hall–Kier alpha value is -1.59. The van der Waals surface area contributed by atoms with Crippen molar-refractivity contribution in [2.75, 3.05) is 20.3 Å². The molecular weight excluding hydrogens is 330 g/mol. The van der Waals surface area contributed by atoms with Gasteiger partial charge in [-0.25, -0.2) is 17.9 Å². The second-order valence-corrected chi connectivity index (χ2v) is 6.42. The average Bonchev–Trinajstić information content (AvgIpc) is 2.47. The third-order valence-electron chi connectivity index (χ3n) is 2.58. The van der Waals surface area contributed by atoms with Crippen LogP contribution in [0.3, 0.4) is 0 Å². The monoisotopic (exact) mass is 345 g/mol. The number of carbonyl (C=O) groups is 1. The highest BCUT2D eigenvalue weighted by Crippen LogP contribution is 2.21. The number of methoxy groups -OCH3 is 1. The van der Waals surface area contributed by atoms with Gasteiger partial charge in [0, 0.05) is 13.7 Å². The molecule has 1 unspecified atom stereocenters. The molecule has 0 fully saturated rings. The molecule has 0 saturated heterocycles. The van der Waals surface area contributed by atoms with Crippen molar-refractivity contribution in [2.24, 2.45) is 0 Å². The van der Waals surface area contributed by atoms with Crippen molar-refractivity contribution in [2.45, 2.75) is 17.9 Å². The van der Waals surface area contributed by atoms with Crippen molar-refractivity contribution < 1.29 is 22.7 Å². The van der Waals surface area contributed by atoms with E-state index in [1.807, 2.05) is 0 Å². The summed E-state index contributed by atoms with van der Waals surface area (Å²) in [5.41, 5.74) is -0.0709. The predicted octanol–water partition coefficient (Wildman–Crippen LogP) is 1.44. The first-order valence-electron chi connectivity index (χ1n) is 6.27. The molecule has 0 aromatic heterocycles. The van der Waals surface area contributed by atoms with Crippen LogP contribution >= 0.6 is 11.6 Å². The number of terminal acetylenes is 1. The molecule has 0 aliphatic heterocycles. The van der Waals surface area contributed by atoms with Crippen molar-refractivity contribution in [1.82, 2.24) is 4.72 Å². The number of nitrogens with one attached hydrogen (secondary N) is 1. The minimum Gasteiger partial charge on any atom is -0.446 e. The van der Waals surface area contributed by atoms with Crippen LogP contribution in [0.1, 0.15) is 17.3 Å². The van der Waals surface area contributed by atoms with Crippen LogP contribution in [0.5, 0.6) is 0 Å². The van der Waals surface area contributed by atoms with E-state index in [0.29, 0.717) is 0 Å². The molecule has 1 aromatic rings. The lowest BCUT2D eigenvalue weighted by Crippen LogP contribution is -2.27. The van der Waals surface area contributed by atoms with Crippen molar-refractivity contribution >= 4 is 27.6 Å². The van der Waals surface area contributed by atoms with E-state index in [1.54, 1.807) is 0 Å². The molecule has 1 N–H and O–H groups in total. The fourth-order valence-electron chi connectivity index (χ4n) is 1.45. The number of esters is 1. The highest BCUT2D eigenvalue weighted by Gasteiger charge is 2.20. The standard InChI is InChI=1S/C14H16ClNO5S/c1-4-10(2)21-14(17)12-9-11(5-6-13(12)15)22(18,19)16-7-8-20-3/h1,5-6,9-10,16H,7-8H2,2-3H3. The summed E-state index contributed by atoms with van der Waals surface area (Å²) in [4.78, 5) is 11.8. The molecular formula is C14H16ClNO5S. The molecule has 22 heavy (non-hydrogen) atoms. The summed E-state index contributed by atoms with van der Waals surface area (Å²) in [7, 11) is -2.32. The van der Waals surface area contributed by atoms with E-state index in [2.05, 4.69) is 10.6 Å². The number of hydrogen-bond acceptors (Lipinski definition) is 5. The third-order valence-corrected chi connectivity index (χ3v) is 4.37. The fourth-order valence-corrected chi connectivity index (χ4v) is 2.68. The normalized spacial score (nSPS) is 12.5. The van der Waals surface area contributed by atoms with E-state index >= 15 is 0 Å². The summed E-state index contributed by atoms with van der Waals surface area (Å²) in [6.07, 6.45) is 4.38. The van der Waals surface area contributed by atoms with E-state index in [-0.39, 0.29) is 28.6 Å². The van der Waals surface area contributed by atoms with E-state index < -0.39 is 22.1 Å². The van der Waals surface area contributed by atoms with Gasteiger partial charge in [0.15, 0.2) is 6.10 Å². The third kappa shape index (κ3) is 5.00. The van der Waals surface area contributed by atoms with Crippen LogP contribution in [0.15, 0.2) is 23.1 Å². The van der Waals surface area contributed by atoms with Crippen LogP contribution in [0.25, 0.3) is 0 Å². The van der Waals surface area contributed by atoms with E-state index in [0.717, 1.165) is 6.07 Å². The Morgan fingerprint density at radius 1 is 1.50 bits per heavy atom. The second-order valence-electron chi connectivity index (χ2n) is 4.25. The Morgan fingerprint density at radius 2 is 2.18 bits per heavy atom. The molecule has 0 bridgehead atoms. The SMILES string of the molecule is C#CC(C)OC(=O)c1cc(S(=O)(=O)NCCOC)ccc1Cl. The summed E-state index contributed by atoms with van der Waals surface area (Å²) >= 11 is 5.91. The molecule has 0 aliphatic carbocycles. The lowest BCUT2D eigenvalue weighted by Gasteiger charge is -2.11. The number of rotatable bonds is 7. The fraction of sp³-hybridized carbons (Fsp3) is 0.357. The van der Waals surface area contributed by atoms with Crippen molar-refractivity contribution in [3.05, 3.63) is 28.8 Å². The Labute approximate surface area is 134 Å². The maximum Gasteiger partial charge on any atom is 0.340 e. The van der Waals surface area contributed by atoms with Gasteiger partial charge in [-0.15, -0.1) is 6.42 Å². The van der Waals surface area contributed by atoms with Gasteiger partial charge in [-0.3, -0.25) is 0 Å². The molecule has 0 saturated carbocycles. The van der Waals surface area contributed by atoms with Crippen LogP contribution in [-0.2, 0) is 19.5 Å². The number of sulfonamides is 1. The Kier molecular flexibility index (Phi) is 6.84. The zero-order chi connectivity index (χ0) is 16.8. The average molecular weight is 346 g/mol. The molecule has 0 aliphatic rings. The van der Waals surface area contributed by atoms with E-state index in [1.165, 1.54) is 26.2 Å². The van der Waals surface area contributed by atoms with Gasteiger partial charge in [0.25, 0.3) is 0 Å². The number of hydrogen-bond donors (Lipinski definition) is 1. The summed E-state index contributed by atoms with van der Waals surface area (Å²) in [5, 5.41) is 0.0741. The molecule has 6 nitrogen and oxygen atoms in total. The van der Waals surface area contributed by atoms with Crippen LogP contribution in [0.2, 0.25) is 5.02 Å². The Balaban J connectivity index is 3.04. The number of carbonyl (C=O) groups excluding carboxylic acids is 1. The van der Waals surface area contributed by atoms with Gasteiger partial charge >= 0.3 is 5.97 Å². The maximum atomic E-state index is 12.1. The quantitative estimate of drug-likeness (QED) is 0.459. The lowest BCUT2D eigenvalue weighted by molar-refractivity contribution is 0.0438. The van der Waals surface area contributed by atoms with Crippen LogP contribution in [-0.4, -0.2) is 40.8 Å². The van der Waals surface area contributed by atoms with Gasteiger partial charge in [0.1, 0.15) is 0 Å².